The average Bonchev–Trinajstić information content (AvgIpc) is 2.61. The van der Waals surface area contributed by atoms with Gasteiger partial charge in [0.1, 0.15) is 11.5 Å². The number of carboxylic acid groups (broad SMARTS) is 1. The van der Waals surface area contributed by atoms with Crippen LogP contribution in [-0.2, 0) is 4.79 Å². The minimum atomic E-state index is -1.05. The molecule has 7 nitrogen and oxygen atoms in total. The van der Waals surface area contributed by atoms with E-state index in [1.165, 1.54) is 6.21 Å². The van der Waals surface area contributed by atoms with E-state index in [1.807, 2.05) is 24.3 Å². The number of anilines is 1. The molecule has 130 valence electrons. The van der Waals surface area contributed by atoms with Gasteiger partial charge in [-0.1, -0.05) is 12.1 Å². The number of methoxy groups -OCH3 is 1. The number of thiocarbonyl (C=S) groups is 1. The van der Waals surface area contributed by atoms with E-state index < -0.39 is 12.6 Å². The van der Waals surface area contributed by atoms with Crippen LogP contribution in [0.3, 0.4) is 0 Å². The SMILES string of the molecule is COc1ccc(NC(=S)N/N=C/c2ccccc2OCC(=O)O)cc1. The number of aliphatic carboxylic acids is 1. The molecule has 0 spiro atoms. The van der Waals surface area contributed by atoms with Crippen LogP contribution in [0.15, 0.2) is 53.6 Å². The number of carboxylic acids is 1. The summed E-state index contributed by atoms with van der Waals surface area (Å²) in [7, 11) is 1.60. The first-order valence-corrected chi connectivity index (χ1v) is 7.67. The first-order valence-electron chi connectivity index (χ1n) is 7.26. The van der Waals surface area contributed by atoms with E-state index in [4.69, 9.17) is 26.8 Å². The van der Waals surface area contributed by atoms with Crippen molar-refractivity contribution < 1.29 is 19.4 Å². The fraction of sp³-hybridized carbons (Fsp3) is 0.118. The molecule has 0 heterocycles. The predicted molar refractivity (Wildman–Crippen MR) is 99.5 cm³/mol. The molecule has 25 heavy (non-hydrogen) atoms. The van der Waals surface area contributed by atoms with E-state index in [9.17, 15) is 4.79 Å². The van der Waals surface area contributed by atoms with Gasteiger partial charge in [0.25, 0.3) is 0 Å². The van der Waals surface area contributed by atoms with Crippen molar-refractivity contribution in [1.82, 2.24) is 5.43 Å². The maximum atomic E-state index is 10.6. The molecule has 0 aromatic heterocycles. The summed E-state index contributed by atoms with van der Waals surface area (Å²) in [6, 6.07) is 14.2. The second-order valence-corrected chi connectivity index (χ2v) is 5.18. The highest BCUT2D eigenvalue weighted by Gasteiger charge is 2.03. The van der Waals surface area contributed by atoms with Gasteiger partial charge in [0.2, 0.25) is 0 Å². The summed E-state index contributed by atoms with van der Waals surface area (Å²) in [5, 5.41) is 16.0. The summed E-state index contributed by atoms with van der Waals surface area (Å²) in [5.74, 6) is 0.125. The minimum Gasteiger partial charge on any atom is -0.497 e. The summed E-state index contributed by atoms with van der Waals surface area (Å²) in [6.45, 7) is -0.421. The molecular formula is C17H17N3O4S. The van der Waals surface area contributed by atoms with Gasteiger partial charge < -0.3 is 19.9 Å². The smallest absolute Gasteiger partial charge is 0.341 e. The molecule has 0 atom stereocenters. The molecule has 8 heteroatoms. The summed E-state index contributed by atoms with van der Waals surface area (Å²) in [4.78, 5) is 10.6. The van der Waals surface area contributed by atoms with Gasteiger partial charge in [0.15, 0.2) is 11.7 Å². The molecule has 0 amide bonds. The molecule has 0 unspecified atom stereocenters. The molecular weight excluding hydrogens is 342 g/mol. The lowest BCUT2D eigenvalue weighted by Gasteiger charge is -2.08. The van der Waals surface area contributed by atoms with Crippen LogP contribution in [0.4, 0.5) is 5.69 Å². The zero-order valence-corrected chi connectivity index (χ0v) is 14.2. The summed E-state index contributed by atoms with van der Waals surface area (Å²) in [6.07, 6.45) is 1.50. The van der Waals surface area contributed by atoms with E-state index in [-0.39, 0.29) is 0 Å². The van der Waals surface area contributed by atoms with Gasteiger partial charge in [-0.25, -0.2) is 4.79 Å². The lowest BCUT2D eigenvalue weighted by molar-refractivity contribution is -0.139. The van der Waals surface area contributed by atoms with Crippen LogP contribution in [0.5, 0.6) is 11.5 Å². The number of hydrogen-bond donors (Lipinski definition) is 3. The Morgan fingerprint density at radius 1 is 1.24 bits per heavy atom. The number of hydrogen-bond acceptors (Lipinski definition) is 5. The van der Waals surface area contributed by atoms with Gasteiger partial charge in [-0.15, -0.1) is 0 Å². The molecule has 3 N–H and O–H groups in total. The topological polar surface area (TPSA) is 92.2 Å². The molecule has 0 bridgehead atoms. The van der Waals surface area contributed by atoms with Gasteiger partial charge >= 0.3 is 5.97 Å². The highest BCUT2D eigenvalue weighted by molar-refractivity contribution is 7.80. The molecule has 2 aromatic rings. The fourth-order valence-corrected chi connectivity index (χ4v) is 2.02. The van der Waals surface area contributed by atoms with Crippen molar-refractivity contribution >= 4 is 35.2 Å². The second-order valence-electron chi connectivity index (χ2n) is 4.77. The van der Waals surface area contributed by atoms with Crippen molar-refractivity contribution in [1.29, 1.82) is 0 Å². The third kappa shape index (κ3) is 6.11. The average molecular weight is 359 g/mol. The van der Waals surface area contributed by atoms with Gasteiger partial charge in [-0.2, -0.15) is 5.10 Å². The first kappa shape index (κ1) is 18.2. The number of nitrogens with one attached hydrogen (secondary N) is 2. The van der Waals surface area contributed by atoms with Crippen molar-refractivity contribution in [2.24, 2.45) is 5.10 Å². The van der Waals surface area contributed by atoms with Crippen LogP contribution >= 0.6 is 12.2 Å². The number of nitrogens with zero attached hydrogens (tertiary/aromatic N) is 1. The van der Waals surface area contributed by atoms with Crippen molar-refractivity contribution in [3.05, 3.63) is 54.1 Å². The Labute approximate surface area is 150 Å². The van der Waals surface area contributed by atoms with Gasteiger partial charge in [-0.3, -0.25) is 5.43 Å². The first-order chi connectivity index (χ1) is 12.1. The maximum Gasteiger partial charge on any atom is 0.341 e. The summed E-state index contributed by atoms with van der Waals surface area (Å²) < 4.78 is 10.3. The van der Waals surface area contributed by atoms with Crippen molar-refractivity contribution in [3.63, 3.8) is 0 Å². The Hall–Kier alpha value is -3.13. The van der Waals surface area contributed by atoms with Gasteiger partial charge in [0, 0.05) is 11.3 Å². The molecule has 2 aromatic carbocycles. The quantitative estimate of drug-likeness (QED) is 0.397. The van der Waals surface area contributed by atoms with Gasteiger partial charge in [-0.05, 0) is 48.6 Å². The number of para-hydroxylation sites is 1. The van der Waals surface area contributed by atoms with Crippen LogP contribution in [0.25, 0.3) is 0 Å². The lowest BCUT2D eigenvalue weighted by Crippen LogP contribution is -2.23. The summed E-state index contributed by atoms with van der Waals surface area (Å²) >= 11 is 5.15. The lowest BCUT2D eigenvalue weighted by atomic mass is 10.2. The Morgan fingerprint density at radius 2 is 1.96 bits per heavy atom. The van der Waals surface area contributed by atoms with Crippen molar-refractivity contribution in [2.75, 3.05) is 19.0 Å². The van der Waals surface area contributed by atoms with Crippen LogP contribution in [0, 0.1) is 0 Å². The molecule has 0 aliphatic rings. The highest BCUT2D eigenvalue weighted by atomic mass is 32.1. The Kier molecular flexibility index (Phi) is 6.73. The largest absolute Gasteiger partial charge is 0.497 e. The molecule has 0 fully saturated rings. The number of ether oxygens (including phenoxy) is 2. The third-order valence-electron chi connectivity index (χ3n) is 2.99. The Bertz CT molecular complexity index is 763. The third-order valence-corrected chi connectivity index (χ3v) is 3.18. The summed E-state index contributed by atoms with van der Waals surface area (Å²) in [5.41, 5.74) is 4.11. The molecule has 0 aliphatic heterocycles. The molecule has 0 saturated heterocycles. The monoisotopic (exact) mass is 359 g/mol. The molecule has 2 rings (SSSR count). The zero-order chi connectivity index (χ0) is 18.1. The van der Waals surface area contributed by atoms with E-state index in [0.717, 1.165) is 11.4 Å². The van der Waals surface area contributed by atoms with Crippen LogP contribution in [0.1, 0.15) is 5.56 Å². The number of hydrazone groups is 1. The standard InChI is InChI=1S/C17H17N3O4S/c1-23-14-8-6-13(7-9-14)19-17(25)20-18-10-12-4-2-3-5-15(12)24-11-16(21)22/h2-10H,11H2,1H3,(H,21,22)(H2,19,20,25)/b18-10+. The van der Waals surface area contributed by atoms with Crippen LogP contribution < -0.4 is 20.2 Å². The van der Waals surface area contributed by atoms with E-state index in [2.05, 4.69) is 15.8 Å². The number of benzene rings is 2. The minimum absolute atomic E-state index is 0.311. The normalized spacial score (nSPS) is 10.3. The predicted octanol–water partition coefficient (Wildman–Crippen LogP) is 2.48. The molecule has 0 saturated carbocycles. The Morgan fingerprint density at radius 3 is 2.64 bits per heavy atom. The van der Waals surface area contributed by atoms with Crippen LogP contribution in [0.2, 0.25) is 0 Å². The Balaban J connectivity index is 1.91. The van der Waals surface area contributed by atoms with E-state index in [0.29, 0.717) is 16.4 Å². The number of rotatable bonds is 7. The van der Waals surface area contributed by atoms with Crippen LogP contribution in [-0.4, -0.2) is 36.1 Å². The van der Waals surface area contributed by atoms with Crippen molar-refractivity contribution in [2.45, 2.75) is 0 Å². The molecule has 0 radical (unpaired) electrons. The zero-order valence-electron chi connectivity index (χ0n) is 13.4. The fourth-order valence-electron chi connectivity index (χ4n) is 1.85. The van der Waals surface area contributed by atoms with Gasteiger partial charge in [0.05, 0.1) is 13.3 Å². The van der Waals surface area contributed by atoms with E-state index in [1.54, 1.807) is 31.4 Å². The van der Waals surface area contributed by atoms with Crippen molar-refractivity contribution in [3.8, 4) is 11.5 Å². The van der Waals surface area contributed by atoms with E-state index >= 15 is 0 Å². The maximum absolute atomic E-state index is 10.6. The second kappa shape index (κ2) is 9.24. The highest BCUT2D eigenvalue weighted by Crippen LogP contribution is 2.16. The molecule has 0 aliphatic carbocycles. The number of carbonyl (C=O) groups is 1.